The lowest BCUT2D eigenvalue weighted by molar-refractivity contribution is 0.227. The van der Waals surface area contributed by atoms with Crippen LogP contribution in [0, 0.1) is 0 Å². The zero-order valence-electron chi connectivity index (χ0n) is 9.57. The Morgan fingerprint density at radius 3 is 2.81 bits per heavy atom. The molecule has 0 aliphatic carbocycles. The number of aromatic hydroxyl groups is 1. The zero-order valence-corrected chi connectivity index (χ0v) is 9.57. The first-order valence-electron chi connectivity index (χ1n) is 5.59. The summed E-state index contributed by atoms with van der Waals surface area (Å²) in [6, 6.07) is 5.40. The molecule has 4 heteroatoms. The Morgan fingerprint density at radius 2 is 2.12 bits per heavy atom. The van der Waals surface area contributed by atoms with Gasteiger partial charge in [-0.15, -0.1) is 0 Å². The van der Waals surface area contributed by atoms with E-state index >= 15 is 0 Å². The van der Waals surface area contributed by atoms with Crippen molar-refractivity contribution in [2.45, 2.75) is 6.54 Å². The van der Waals surface area contributed by atoms with E-state index < -0.39 is 0 Å². The summed E-state index contributed by atoms with van der Waals surface area (Å²) in [4.78, 5) is 2.31. The quantitative estimate of drug-likeness (QED) is 0.794. The summed E-state index contributed by atoms with van der Waals surface area (Å²) in [7, 11) is 1.63. The van der Waals surface area contributed by atoms with Crippen molar-refractivity contribution in [3.8, 4) is 11.5 Å². The number of nitrogens with one attached hydrogen (secondary N) is 1. The molecule has 1 saturated heterocycles. The molecule has 0 radical (unpaired) electrons. The number of phenolic OH excluding ortho intramolecular Hbond substituents is 1. The minimum atomic E-state index is 0.317. The molecule has 0 bridgehead atoms. The topological polar surface area (TPSA) is 44.7 Å². The van der Waals surface area contributed by atoms with Gasteiger partial charge in [0.05, 0.1) is 7.11 Å². The van der Waals surface area contributed by atoms with Gasteiger partial charge in [0, 0.05) is 38.3 Å². The molecule has 0 aromatic heterocycles. The highest BCUT2D eigenvalue weighted by Gasteiger charge is 2.15. The molecule has 0 atom stereocenters. The van der Waals surface area contributed by atoms with Crippen LogP contribution in [0.1, 0.15) is 5.56 Å². The van der Waals surface area contributed by atoms with Crippen molar-refractivity contribution in [3.63, 3.8) is 0 Å². The highest BCUT2D eigenvalue weighted by atomic mass is 16.5. The maximum atomic E-state index is 9.83. The van der Waals surface area contributed by atoms with Gasteiger partial charge in [-0.1, -0.05) is 6.07 Å². The zero-order chi connectivity index (χ0) is 11.4. The number of benzene rings is 1. The summed E-state index contributed by atoms with van der Waals surface area (Å²) in [6.07, 6.45) is 0. The van der Waals surface area contributed by atoms with Crippen LogP contribution >= 0.6 is 0 Å². The van der Waals surface area contributed by atoms with Gasteiger partial charge >= 0.3 is 0 Å². The van der Waals surface area contributed by atoms with E-state index in [9.17, 15) is 5.11 Å². The number of hydrogen-bond acceptors (Lipinski definition) is 4. The van der Waals surface area contributed by atoms with Crippen molar-refractivity contribution < 1.29 is 9.84 Å². The predicted octanol–water partition coefficient (Wildman–Crippen LogP) is 0.806. The SMILES string of the molecule is COc1cccc(O)c1CN1CCNCC1. The first kappa shape index (κ1) is 11.2. The molecule has 1 aliphatic heterocycles. The molecule has 1 aromatic carbocycles. The molecule has 0 unspecified atom stereocenters. The number of rotatable bonds is 3. The second-order valence-corrected chi connectivity index (χ2v) is 3.98. The molecule has 4 nitrogen and oxygen atoms in total. The van der Waals surface area contributed by atoms with Crippen LogP contribution in [0.2, 0.25) is 0 Å². The summed E-state index contributed by atoms with van der Waals surface area (Å²) in [5.74, 6) is 1.08. The third-order valence-electron chi connectivity index (χ3n) is 2.92. The van der Waals surface area contributed by atoms with Gasteiger partial charge in [-0.3, -0.25) is 4.90 Å². The van der Waals surface area contributed by atoms with Gasteiger partial charge in [-0.2, -0.15) is 0 Å². The molecule has 0 saturated carbocycles. The Morgan fingerprint density at radius 1 is 1.38 bits per heavy atom. The fourth-order valence-electron chi connectivity index (χ4n) is 2.00. The van der Waals surface area contributed by atoms with Crippen molar-refractivity contribution in [2.24, 2.45) is 0 Å². The lowest BCUT2D eigenvalue weighted by Gasteiger charge is -2.27. The molecule has 1 aliphatic rings. The fraction of sp³-hybridized carbons (Fsp3) is 0.500. The van der Waals surface area contributed by atoms with E-state index in [1.807, 2.05) is 6.07 Å². The van der Waals surface area contributed by atoms with Gasteiger partial charge in [0.1, 0.15) is 11.5 Å². The van der Waals surface area contributed by atoms with E-state index in [0.717, 1.165) is 44.0 Å². The summed E-state index contributed by atoms with van der Waals surface area (Å²) in [5, 5.41) is 13.1. The number of nitrogens with zero attached hydrogens (tertiary/aromatic N) is 1. The van der Waals surface area contributed by atoms with E-state index in [4.69, 9.17) is 4.74 Å². The van der Waals surface area contributed by atoms with E-state index in [1.165, 1.54) is 0 Å². The predicted molar refractivity (Wildman–Crippen MR) is 62.8 cm³/mol. The molecule has 0 spiro atoms. The second-order valence-electron chi connectivity index (χ2n) is 3.98. The van der Waals surface area contributed by atoms with Gasteiger partial charge in [0.25, 0.3) is 0 Å². The number of phenols is 1. The van der Waals surface area contributed by atoms with Crippen LogP contribution in [-0.4, -0.2) is 43.3 Å². The van der Waals surface area contributed by atoms with Crippen molar-refractivity contribution in [3.05, 3.63) is 23.8 Å². The van der Waals surface area contributed by atoms with Crippen molar-refractivity contribution in [1.29, 1.82) is 0 Å². The first-order valence-corrected chi connectivity index (χ1v) is 5.59. The van der Waals surface area contributed by atoms with Crippen molar-refractivity contribution in [2.75, 3.05) is 33.3 Å². The third kappa shape index (κ3) is 2.46. The molecule has 16 heavy (non-hydrogen) atoms. The van der Waals surface area contributed by atoms with Crippen LogP contribution in [0.15, 0.2) is 18.2 Å². The second kappa shape index (κ2) is 5.18. The normalized spacial score (nSPS) is 17.3. The Balaban J connectivity index is 2.12. The van der Waals surface area contributed by atoms with E-state index in [2.05, 4.69) is 10.2 Å². The maximum Gasteiger partial charge on any atom is 0.127 e. The van der Waals surface area contributed by atoms with Crippen LogP contribution in [0.3, 0.4) is 0 Å². The van der Waals surface area contributed by atoms with Gasteiger partial charge in [-0.25, -0.2) is 0 Å². The van der Waals surface area contributed by atoms with Crippen LogP contribution in [-0.2, 0) is 6.54 Å². The van der Waals surface area contributed by atoms with Crippen LogP contribution < -0.4 is 10.1 Å². The molecule has 1 fully saturated rings. The summed E-state index contributed by atoms with van der Waals surface area (Å²) in [6.45, 7) is 4.79. The van der Waals surface area contributed by atoms with Crippen LogP contribution in [0.4, 0.5) is 0 Å². The smallest absolute Gasteiger partial charge is 0.127 e. The Kier molecular flexibility index (Phi) is 3.64. The summed E-state index contributed by atoms with van der Waals surface area (Å²) >= 11 is 0. The van der Waals surface area contributed by atoms with Crippen LogP contribution in [0.5, 0.6) is 11.5 Å². The molecule has 1 heterocycles. The molecule has 2 N–H and O–H groups in total. The number of ether oxygens (including phenoxy) is 1. The van der Waals surface area contributed by atoms with Crippen molar-refractivity contribution in [1.82, 2.24) is 10.2 Å². The van der Waals surface area contributed by atoms with Gasteiger partial charge in [0.15, 0.2) is 0 Å². The Bertz CT molecular complexity index is 349. The summed E-state index contributed by atoms with van der Waals surface area (Å²) in [5.41, 5.74) is 0.881. The monoisotopic (exact) mass is 222 g/mol. The highest BCUT2D eigenvalue weighted by Crippen LogP contribution is 2.28. The molecule has 2 rings (SSSR count). The third-order valence-corrected chi connectivity index (χ3v) is 2.92. The summed E-state index contributed by atoms with van der Waals surface area (Å²) < 4.78 is 5.27. The average molecular weight is 222 g/mol. The fourth-order valence-corrected chi connectivity index (χ4v) is 2.00. The molecule has 0 amide bonds. The lowest BCUT2D eigenvalue weighted by Crippen LogP contribution is -2.42. The van der Waals surface area contributed by atoms with E-state index in [-0.39, 0.29) is 0 Å². The Labute approximate surface area is 95.8 Å². The maximum absolute atomic E-state index is 9.83. The van der Waals surface area contributed by atoms with E-state index in [0.29, 0.717) is 5.75 Å². The molecule has 1 aromatic rings. The van der Waals surface area contributed by atoms with Crippen molar-refractivity contribution >= 4 is 0 Å². The largest absolute Gasteiger partial charge is 0.507 e. The molecular formula is C12H18N2O2. The molecular weight excluding hydrogens is 204 g/mol. The highest BCUT2D eigenvalue weighted by molar-refractivity contribution is 5.43. The lowest BCUT2D eigenvalue weighted by atomic mass is 10.1. The minimum absolute atomic E-state index is 0.317. The van der Waals surface area contributed by atoms with E-state index in [1.54, 1.807) is 19.2 Å². The van der Waals surface area contributed by atoms with Crippen LogP contribution in [0.25, 0.3) is 0 Å². The van der Waals surface area contributed by atoms with Gasteiger partial charge in [0.2, 0.25) is 0 Å². The average Bonchev–Trinajstić information content (AvgIpc) is 2.33. The van der Waals surface area contributed by atoms with Gasteiger partial charge < -0.3 is 15.2 Å². The number of methoxy groups -OCH3 is 1. The minimum Gasteiger partial charge on any atom is -0.507 e. The standard InChI is InChI=1S/C12H18N2O2/c1-16-12-4-2-3-11(15)10(12)9-14-7-5-13-6-8-14/h2-4,13,15H,5-9H2,1H3. The first-order chi connectivity index (χ1) is 7.81. The molecule has 88 valence electrons. The Hall–Kier alpha value is -1.26. The number of piperazine rings is 1. The van der Waals surface area contributed by atoms with Gasteiger partial charge in [-0.05, 0) is 12.1 Å². The number of hydrogen-bond donors (Lipinski definition) is 2.